The molecular formula is C19H21BrN2O2. The molecule has 2 rings (SSSR count). The van der Waals surface area contributed by atoms with Crippen LogP contribution in [0.4, 0.5) is 5.69 Å². The monoisotopic (exact) mass is 388 g/mol. The Balaban J connectivity index is 1.93. The van der Waals surface area contributed by atoms with Crippen LogP contribution in [0.1, 0.15) is 18.1 Å². The number of amides is 2. The Kier molecular flexibility index (Phi) is 6.55. The molecule has 24 heavy (non-hydrogen) atoms. The molecule has 0 saturated carbocycles. The van der Waals surface area contributed by atoms with Crippen molar-refractivity contribution in [3.63, 3.8) is 0 Å². The van der Waals surface area contributed by atoms with E-state index in [1.807, 2.05) is 55.5 Å². The number of benzene rings is 2. The summed E-state index contributed by atoms with van der Waals surface area (Å²) in [6.45, 7) is 4.00. The first-order valence-corrected chi connectivity index (χ1v) is 8.61. The average molecular weight is 389 g/mol. The number of aryl methyl sites for hydroxylation is 1. The molecule has 0 aliphatic heterocycles. The summed E-state index contributed by atoms with van der Waals surface area (Å²) in [5.41, 5.74) is 2.96. The number of hydrogen-bond acceptors (Lipinski definition) is 2. The van der Waals surface area contributed by atoms with Crippen LogP contribution >= 0.6 is 15.9 Å². The van der Waals surface area contributed by atoms with Gasteiger partial charge in [-0.3, -0.25) is 9.59 Å². The molecule has 0 bridgehead atoms. The summed E-state index contributed by atoms with van der Waals surface area (Å²) in [5.74, 6) is -0.332. The summed E-state index contributed by atoms with van der Waals surface area (Å²) in [7, 11) is 0. The van der Waals surface area contributed by atoms with Gasteiger partial charge in [0.1, 0.15) is 6.54 Å². The molecule has 0 spiro atoms. The van der Waals surface area contributed by atoms with Crippen LogP contribution < -0.4 is 10.2 Å². The lowest BCUT2D eigenvalue weighted by atomic mass is 10.1. The SMILES string of the molecule is CC(=O)N(CC(=O)NCCc1ccccc1)c1ccc(C)c(Br)c1. The summed E-state index contributed by atoms with van der Waals surface area (Å²) >= 11 is 3.46. The average Bonchev–Trinajstić information content (AvgIpc) is 2.56. The van der Waals surface area contributed by atoms with Gasteiger partial charge in [0.2, 0.25) is 11.8 Å². The summed E-state index contributed by atoms with van der Waals surface area (Å²) in [4.78, 5) is 25.5. The molecule has 0 aliphatic carbocycles. The number of nitrogens with one attached hydrogen (secondary N) is 1. The number of anilines is 1. The molecule has 0 fully saturated rings. The molecular weight excluding hydrogens is 368 g/mol. The van der Waals surface area contributed by atoms with Crippen molar-refractivity contribution < 1.29 is 9.59 Å². The Labute approximate surface area is 151 Å². The number of rotatable bonds is 6. The highest BCUT2D eigenvalue weighted by Crippen LogP contribution is 2.23. The third-order valence-electron chi connectivity index (χ3n) is 3.73. The topological polar surface area (TPSA) is 49.4 Å². The lowest BCUT2D eigenvalue weighted by molar-refractivity contribution is -0.123. The molecule has 1 N–H and O–H groups in total. The van der Waals surface area contributed by atoms with Gasteiger partial charge in [0.25, 0.3) is 0 Å². The maximum Gasteiger partial charge on any atom is 0.240 e. The van der Waals surface area contributed by atoms with Gasteiger partial charge in [-0.1, -0.05) is 52.3 Å². The van der Waals surface area contributed by atoms with Gasteiger partial charge < -0.3 is 10.2 Å². The second kappa shape index (κ2) is 8.64. The van der Waals surface area contributed by atoms with Crippen LogP contribution in [0.15, 0.2) is 53.0 Å². The molecule has 2 amide bonds. The van der Waals surface area contributed by atoms with Crippen LogP contribution in [0.2, 0.25) is 0 Å². The predicted molar refractivity (Wildman–Crippen MR) is 100 cm³/mol. The maximum absolute atomic E-state index is 12.2. The van der Waals surface area contributed by atoms with Crippen LogP contribution in [-0.4, -0.2) is 24.9 Å². The molecule has 126 valence electrons. The van der Waals surface area contributed by atoms with Crippen LogP contribution in [0.25, 0.3) is 0 Å². The number of carbonyl (C=O) groups is 2. The molecule has 0 aliphatic rings. The quantitative estimate of drug-likeness (QED) is 0.823. The Hall–Kier alpha value is -2.14. The van der Waals surface area contributed by atoms with Crippen molar-refractivity contribution in [1.82, 2.24) is 5.32 Å². The van der Waals surface area contributed by atoms with Crippen molar-refractivity contribution in [2.75, 3.05) is 18.0 Å². The fourth-order valence-corrected chi connectivity index (χ4v) is 2.69. The minimum absolute atomic E-state index is 0.0135. The highest BCUT2D eigenvalue weighted by atomic mass is 79.9. The lowest BCUT2D eigenvalue weighted by Crippen LogP contribution is -2.40. The van der Waals surface area contributed by atoms with Gasteiger partial charge in [0.05, 0.1) is 0 Å². The van der Waals surface area contributed by atoms with Gasteiger partial charge in [-0.05, 0) is 36.6 Å². The first-order valence-electron chi connectivity index (χ1n) is 7.82. The van der Waals surface area contributed by atoms with Crippen LogP contribution in [-0.2, 0) is 16.0 Å². The molecule has 0 saturated heterocycles. The van der Waals surface area contributed by atoms with E-state index in [1.54, 1.807) is 0 Å². The summed E-state index contributed by atoms with van der Waals surface area (Å²) in [6, 6.07) is 15.6. The summed E-state index contributed by atoms with van der Waals surface area (Å²) in [6.07, 6.45) is 0.767. The van der Waals surface area contributed by atoms with Crippen molar-refractivity contribution in [2.45, 2.75) is 20.3 Å². The van der Waals surface area contributed by atoms with Gasteiger partial charge in [0, 0.05) is 23.6 Å². The standard InChI is InChI=1S/C19H21BrN2O2/c1-14-8-9-17(12-18(14)20)22(15(2)23)13-19(24)21-11-10-16-6-4-3-5-7-16/h3-9,12H,10-11,13H2,1-2H3,(H,21,24). The van der Waals surface area contributed by atoms with E-state index < -0.39 is 0 Å². The van der Waals surface area contributed by atoms with E-state index in [0.717, 1.165) is 16.5 Å². The van der Waals surface area contributed by atoms with Gasteiger partial charge in [-0.25, -0.2) is 0 Å². The molecule has 5 heteroatoms. The summed E-state index contributed by atoms with van der Waals surface area (Å²) in [5, 5.41) is 2.87. The second-order valence-electron chi connectivity index (χ2n) is 5.62. The van der Waals surface area contributed by atoms with Crippen molar-refractivity contribution in [3.8, 4) is 0 Å². The highest BCUT2D eigenvalue weighted by molar-refractivity contribution is 9.10. The van der Waals surface area contributed by atoms with Crippen molar-refractivity contribution in [2.24, 2.45) is 0 Å². The molecule has 2 aromatic rings. The van der Waals surface area contributed by atoms with E-state index in [1.165, 1.54) is 17.4 Å². The van der Waals surface area contributed by atoms with Gasteiger partial charge in [0.15, 0.2) is 0 Å². The zero-order valence-electron chi connectivity index (χ0n) is 13.9. The minimum atomic E-state index is -0.169. The molecule has 0 heterocycles. The van der Waals surface area contributed by atoms with Crippen molar-refractivity contribution in [3.05, 3.63) is 64.1 Å². The third-order valence-corrected chi connectivity index (χ3v) is 4.58. The molecule has 0 aromatic heterocycles. The van der Waals surface area contributed by atoms with Crippen LogP contribution in [0, 0.1) is 6.92 Å². The minimum Gasteiger partial charge on any atom is -0.354 e. The van der Waals surface area contributed by atoms with Crippen LogP contribution in [0.3, 0.4) is 0 Å². The normalized spacial score (nSPS) is 10.3. The van der Waals surface area contributed by atoms with E-state index in [4.69, 9.17) is 0 Å². The van der Waals surface area contributed by atoms with Gasteiger partial charge >= 0.3 is 0 Å². The molecule has 2 aromatic carbocycles. The smallest absolute Gasteiger partial charge is 0.240 e. The van der Waals surface area contributed by atoms with Crippen LogP contribution in [0.5, 0.6) is 0 Å². The lowest BCUT2D eigenvalue weighted by Gasteiger charge is -2.21. The van der Waals surface area contributed by atoms with Gasteiger partial charge in [-0.15, -0.1) is 0 Å². The summed E-state index contributed by atoms with van der Waals surface area (Å²) < 4.78 is 0.913. The molecule has 0 unspecified atom stereocenters. The number of hydrogen-bond donors (Lipinski definition) is 1. The Morgan fingerprint density at radius 1 is 1.12 bits per heavy atom. The van der Waals surface area contributed by atoms with E-state index in [-0.39, 0.29) is 18.4 Å². The Morgan fingerprint density at radius 3 is 2.46 bits per heavy atom. The fourth-order valence-electron chi connectivity index (χ4n) is 2.32. The van der Waals surface area contributed by atoms with E-state index in [0.29, 0.717) is 12.2 Å². The maximum atomic E-state index is 12.2. The molecule has 0 atom stereocenters. The first kappa shape index (κ1) is 18.2. The van der Waals surface area contributed by atoms with Crippen molar-refractivity contribution in [1.29, 1.82) is 0 Å². The predicted octanol–water partition coefficient (Wildman–Crippen LogP) is 3.47. The zero-order valence-corrected chi connectivity index (χ0v) is 15.5. The van der Waals surface area contributed by atoms with E-state index in [9.17, 15) is 9.59 Å². The molecule has 0 radical (unpaired) electrons. The zero-order chi connectivity index (χ0) is 17.5. The Bertz CT molecular complexity index is 717. The molecule has 4 nitrogen and oxygen atoms in total. The van der Waals surface area contributed by atoms with Crippen molar-refractivity contribution >= 4 is 33.4 Å². The van der Waals surface area contributed by atoms with E-state index >= 15 is 0 Å². The van der Waals surface area contributed by atoms with E-state index in [2.05, 4.69) is 21.2 Å². The second-order valence-corrected chi connectivity index (χ2v) is 6.48. The first-order chi connectivity index (χ1) is 11.5. The number of nitrogens with zero attached hydrogens (tertiary/aromatic N) is 1. The third kappa shape index (κ3) is 5.20. The van der Waals surface area contributed by atoms with Gasteiger partial charge in [-0.2, -0.15) is 0 Å². The number of carbonyl (C=O) groups excluding carboxylic acids is 2. The number of halogens is 1. The fraction of sp³-hybridized carbons (Fsp3) is 0.263. The Morgan fingerprint density at radius 2 is 1.83 bits per heavy atom. The largest absolute Gasteiger partial charge is 0.354 e. The highest BCUT2D eigenvalue weighted by Gasteiger charge is 2.16.